The van der Waals surface area contributed by atoms with Crippen LogP contribution in [0.15, 0.2) is 14.7 Å². The molecule has 7 nitrogen and oxygen atoms in total. The lowest BCUT2D eigenvalue weighted by molar-refractivity contribution is 0.324. The molecule has 0 spiro atoms. The summed E-state index contributed by atoms with van der Waals surface area (Å²) in [5, 5.41) is 0.764. The first-order valence-corrected chi connectivity index (χ1v) is 8.38. The van der Waals surface area contributed by atoms with Crippen LogP contribution in [0.2, 0.25) is 0 Å². The van der Waals surface area contributed by atoms with Gasteiger partial charge < -0.3 is 9.47 Å². The molecular weight excluding hydrogens is 338 g/mol. The molecule has 130 valence electrons. The van der Waals surface area contributed by atoms with Crippen molar-refractivity contribution in [1.82, 2.24) is 23.6 Å². The molecule has 9 heteroatoms. The topological polar surface area (TPSA) is 65.1 Å². The van der Waals surface area contributed by atoms with Crippen LogP contribution in [0.25, 0.3) is 11.2 Å². The zero-order valence-electron chi connectivity index (χ0n) is 14.2. The number of aryl methyl sites for hydroxylation is 2. The van der Waals surface area contributed by atoms with E-state index in [1.807, 2.05) is 11.6 Å². The molecule has 0 fully saturated rings. The van der Waals surface area contributed by atoms with Crippen LogP contribution in [0.5, 0.6) is 0 Å². The Morgan fingerprint density at radius 1 is 1.04 bits per heavy atom. The number of nitrogens with zero attached hydrogens (tertiary/aromatic N) is 5. The van der Waals surface area contributed by atoms with Gasteiger partial charge in [-0.05, 0) is 13.1 Å². The monoisotopic (exact) mass is 361 g/mol. The molecule has 2 heterocycles. The summed E-state index contributed by atoms with van der Waals surface area (Å²) in [6.45, 7) is 7.30. The first-order chi connectivity index (χ1) is 10.4. The summed E-state index contributed by atoms with van der Waals surface area (Å²) in [5.41, 5.74) is 0.236. The molecule has 0 radical (unpaired) electrons. The SMILES string of the molecule is CCN(CC)CCSc1nc2c(=O)n(C)c(=O)n(C)c2n1C.Cl. The van der Waals surface area contributed by atoms with Crippen LogP contribution < -0.4 is 11.2 Å². The second-order valence-electron chi connectivity index (χ2n) is 5.21. The summed E-state index contributed by atoms with van der Waals surface area (Å²) in [5.74, 6) is 0.896. The van der Waals surface area contributed by atoms with Gasteiger partial charge in [-0.15, -0.1) is 12.4 Å². The van der Waals surface area contributed by atoms with Crippen molar-refractivity contribution in [3.05, 3.63) is 20.8 Å². The van der Waals surface area contributed by atoms with Crippen LogP contribution in [0, 0.1) is 0 Å². The van der Waals surface area contributed by atoms with Gasteiger partial charge in [-0.2, -0.15) is 0 Å². The van der Waals surface area contributed by atoms with Gasteiger partial charge in [0, 0.05) is 33.4 Å². The third-order valence-corrected chi connectivity index (χ3v) is 4.97. The van der Waals surface area contributed by atoms with Gasteiger partial charge in [0.1, 0.15) is 0 Å². The Morgan fingerprint density at radius 2 is 1.65 bits per heavy atom. The van der Waals surface area contributed by atoms with E-state index >= 15 is 0 Å². The first-order valence-electron chi connectivity index (χ1n) is 7.39. The fourth-order valence-corrected chi connectivity index (χ4v) is 3.46. The molecule has 0 atom stereocenters. The molecule has 0 aromatic carbocycles. The van der Waals surface area contributed by atoms with E-state index in [9.17, 15) is 9.59 Å². The minimum Gasteiger partial charge on any atom is -0.308 e. The molecular formula is C14H24ClN5O2S. The molecule has 0 aliphatic heterocycles. The lowest BCUT2D eigenvalue weighted by atomic mass is 10.5. The number of rotatable bonds is 6. The Hall–Kier alpha value is -1.25. The number of aromatic nitrogens is 4. The number of thioether (sulfide) groups is 1. The highest BCUT2D eigenvalue weighted by atomic mass is 35.5. The molecule has 2 aromatic rings. The second kappa shape index (κ2) is 8.03. The van der Waals surface area contributed by atoms with E-state index in [0.29, 0.717) is 11.2 Å². The van der Waals surface area contributed by atoms with Crippen molar-refractivity contribution in [2.75, 3.05) is 25.4 Å². The summed E-state index contributed by atoms with van der Waals surface area (Å²) in [7, 11) is 4.98. The average molecular weight is 362 g/mol. The second-order valence-corrected chi connectivity index (χ2v) is 6.27. The van der Waals surface area contributed by atoms with Gasteiger partial charge in [-0.3, -0.25) is 13.9 Å². The van der Waals surface area contributed by atoms with E-state index in [4.69, 9.17) is 0 Å². The largest absolute Gasteiger partial charge is 0.332 e. The normalized spacial score (nSPS) is 11.2. The minimum absolute atomic E-state index is 0. The lowest BCUT2D eigenvalue weighted by Crippen LogP contribution is -2.37. The number of imidazole rings is 1. The van der Waals surface area contributed by atoms with E-state index < -0.39 is 0 Å². The van der Waals surface area contributed by atoms with Gasteiger partial charge in [0.2, 0.25) is 0 Å². The number of hydrogen-bond acceptors (Lipinski definition) is 5. The molecule has 0 aliphatic carbocycles. The van der Waals surface area contributed by atoms with E-state index in [1.54, 1.807) is 18.8 Å². The van der Waals surface area contributed by atoms with Crippen molar-refractivity contribution < 1.29 is 0 Å². The fourth-order valence-electron chi connectivity index (χ4n) is 2.49. The molecule has 0 saturated heterocycles. The standard InChI is InChI=1S/C14H23N5O2S.ClH/c1-6-19(7-2)8-9-22-13-15-10-11(16(13)3)17(4)14(21)18(5)12(10)20;/h6-9H2,1-5H3;1H. The van der Waals surface area contributed by atoms with Crippen molar-refractivity contribution in [2.24, 2.45) is 21.1 Å². The van der Waals surface area contributed by atoms with Crippen molar-refractivity contribution in [3.8, 4) is 0 Å². The number of fused-ring (bicyclic) bond motifs is 1. The molecule has 0 saturated carbocycles. The average Bonchev–Trinajstić information content (AvgIpc) is 2.84. The summed E-state index contributed by atoms with van der Waals surface area (Å²) in [6, 6.07) is 0. The van der Waals surface area contributed by atoms with Crippen molar-refractivity contribution >= 4 is 35.3 Å². The zero-order valence-corrected chi connectivity index (χ0v) is 15.8. The highest BCUT2D eigenvalue weighted by molar-refractivity contribution is 7.99. The molecule has 2 aromatic heterocycles. The van der Waals surface area contributed by atoms with Gasteiger partial charge in [0.15, 0.2) is 16.3 Å². The molecule has 2 rings (SSSR count). The first kappa shape index (κ1) is 19.8. The van der Waals surface area contributed by atoms with Gasteiger partial charge in [0.05, 0.1) is 0 Å². The minimum atomic E-state index is -0.343. The molecule has 0 amide bonds. The molecule has 0 N–H and O–H groups in total. The van der Waals surface area contributed by atoms with E-state index in [-0.39, 0.29) is 23.7 Å². The van der Waals surface area contributed by atoms with Gasteiger partial charge in [0.25, 0.3) is 5.56 Å². The molecule has 0 bridgehead atoms. The Kier molecular flexibility index (Phi) is 6.91. The maximum atomic E-state index is 12.2. The Labute approximate surface area is 145 Å². The third kappa shape index (κ3) is 3.64. The Balaban J connectivity index is 0.00000264. The Bertz CT molecular complexity index is 791. The summed E-state index contributed by atoms with van der Waals surface area (Å²) in [4.78, 5) is 31.0. The van der Waals surface area contributed by atoms with Crippen LogP contribution in [-0.4, -0.2) is 49.0 Å². The van der Waals surface area contributed by atoms with Gasteiger partial charge >= 0.3 is 5.69 Å². The molecule has 23 heavy (non-hydrogen) atoms. The smallest absolute Gasteiger partial charge is 0.308 e. The summed E-state index contributed by atoms with van der Waals surface area (Å²) in [6.07, 6.45) is 0. The highest BCUT2D eigenvalue weighted by Gasteiger charge is 2.17. The Morgan fingerprint density at radius 3 is 2.22 bits per heavy atom. The number of hydrogen-bond donors (Lipinski definition) is 0. The van der Waals surface area contributed by atoms with E-state index in [2.05, 4.69) is 23.7 Å². The van der Waals surface area contributed by atoms with Crippen LogP contribution in [0.4, 0.5) is 0 Å². The van der Waals surface area contributed by atoms with Crippen molar-refractivity contribution in [2.45, 2.75) is 19.0 Å². The van der Waals surface area contributed by atoms with Crippen molar-refractivity contribution in [1.29, 1.82) is 0 Å². The quantitative estimate of drug-likeness (QED) is 0.713. The molecule has 0 unspecified atom stereocenters. The maximum Gasteiger partial charge on any atom is 0.332 e. The van der Waals surface area contributed by atoms with E-state index in [0.717, 1.165) is 35.1 Å². The van der Waals surface area contributed by atoms with E-state index in [1.165, 1.54) is 11.6 Å². The molecule has 0 aliphatic rings. The highest BCUT2D eigenvalue weighted by Crippen LogP contribution is 2.20. The van der Waals surface area contributed by atoms with Crippen LogP contribution in [0.1, 0.15) is 13.8 Å². The van der Waals surface area contributed by atoms with Gasteiger partial charge in [-0.1, -0.05) is 25.6 Å². The predicted octanol–water partition coefficient (Wildman–Crippen LogP) is 0.826. The predicted molar refractivity (Wildman–Crippen MR) is 97.0 cm³/mol. The van der Waals surface area contributed by atoms with Gasteiger partial charge in [-0.25, -0.2) is 9.78 Å². The number of halogens is 1. The third-order valence-electron chi connectivity index (χ3n) is 3.96. The summed E-state index contributed by atoms with van der Waals surface area (Å²) < 4.78 is 4.39. The summed E-state index contributed by atoms with van der Waals surface area (Å²) >= 11 is 1.61. The maximum absolute atomic E-state index is 12.2. The lowest BCUT2D eigenvalue weighted by Gasteiger charge is -2.17. The van der Waals surface area contributed by atoms with Crippen LogP contribution >= 0.6 is 24.2 Å². The fraction of sp³-hybridized carbons (Fsp3) is 0.643. The van der Waals surface area contributed by atoms with Crippen molar-refractivity contribution in [3.63, 3.8) is 0 Å². The van der Waals surface area contributed by atoms with Crippen LogP contribution in [0.3, 0.4) is 0 Å². The van der Waals surface area contributed by atoms with Crippen LogP contribution in [-0.2, 0) is 21.1 Å². The zero-order chi connectivity index (χ0) is 16.4.